The van der Waals surface area contributed by atoms with Gasteiger partial charge in [-0.25, -0.2) is 9.97 Å². The summed E-state index contributed by atoms with van der Waals surface area (Å²) >= 11 is 9.04. The van der Waals surface area contributed by atoms with E-state index in [0.29, 0.717) is 27.7 Å². The average molecular weight is 290 g/mol. The normalized spacial score (nSPS) is 10.3. The molecule has 0 aliphatic rings. The molecule has 2 rings (SSSR count). The molecule has 0 amide bonds. The van der Waals surface area contributed by atoms with Gasteiger partial charge in [-0.3, -0.25) is 0 Å². The van der Waals surface area contributed by atoms with Crippen molar-refractivity contribution in [3.8, 4) is 5.88 Å². The van der Waals surface area contributed by atoms with Crippen LogP contribution < -0.4 is 4.74 Å². The Morgan fingerprint density at radius 3 is 3.00 bits per heavy atom. The van der Waals surface area contributed by atoms with Gasteiger partial charge in [0, 0.05) is 6.20 Å². The van der Waals surface area contributed by atoms with E-state index in [2.05, 4.69) is 25.9 Å². The van der Waals surface area contributed by atoms with Crippen LogP contribution in [0.5, 0.6) is 5.88 Å². The Bertz CT molecular complexity index is 447. The zero-order valence-electron chi connectivity index (χ0n) is 7.48. The van der Waals surface area contributed by atoms with Crippen molar-refractivity contribution in [2.24, 2.45) is 0 Å². The van der Waals surface area contributed by atoms with Crippen molar-refractivity contribution in [1.82, 2.24) is 9.97 Å². The number of hydrogen-bond donors (Lipinski definition) is 0. The molecule has 0 unspecified atom stereocenters. The minimum atomic E-state index is 0.309. The van der Waals surface area contributed by atoms with Crippen molar-refractivity contribution in [2.75, 3.05) is 0 Å². The molecular weight excluding hydrogens is 283 g/mol. The summed E-state index contributed by atoms with van der Waals surface area (Å²) in [5.41, 5.74) is 0.707. The summed E-state index contributed by atoms with van der Waals surface area (Å²) in [6, 6.07) is 1.71. The summed E-state index contributed by atoms with van der Waals surface area (Å²) in [5.74, 6) is 0.474. The molecule has 0 spiro atoms. The highest BCUT2D eigenvalue weighted by Crippen LogP contribution is 2.25. The lowest BCUT2D eigenvalue weighted by molar-refractivity contribution is 0.287. The van der Waals surface area contributed by atoms with Gasteiger partial charge in [0.2, 0.25) is 5.88 Å². The quantitative estimate of drug-likeness (QED) is 0.871. The Kier molecular flexibility index (Phi) is 3.23. The average Bonchev–Trinajstić information content (AvgIpc) is 2.69. The molecule has 0 saturated carbocycles. The third-order valence-electron chi connectivity index (χ3n) is 1.61. The number of halogens is 2. The van der Waals surface area contributed by atoms with E-state index < -0.39 is 0 Å². The Morgan fingerprint density at radius 1 is 1.47 bits per heavy atom. The Hall–Kier alpha value is -1.07. The van der Waals surface area contributed by atoms with Gasteiger partial charge in [-0.15, -0.1) is 0 Å². The second-order valence-corrected chi connectivity index (χ2v) is 4.00. The molecule has 0 N–H and O–H groups in total. The van der Waals surface area contributed by atoms with E-state index in [1.54, 1.807) is 6.07 Å². The van der Waals surface area contributed by atoms with Crippen molar-refractivity contribution in [2.45, 2.75) is 6.61 Å². The third-order valence-corrected chi connectivity index (χ3v) is 2.39. The number of oxazole rings is 1. The van der Waals surface area contributed by atoms with Crippen LogP contribution in [0.4, 0.5) is 0 Å². The number of ether oxygens (including phenoxy) is 1. The lowest BCUT2D eigenvalue weighted by Gasteiger charge is -2.04. The van der Waals surface area contributed by atoms with E-state index in [1.165, 1.54) is 18.9 Å². The van der Waals surface area contributed by atoms with E-state index >= 15 is 0 Å². The van der Waals surface area contributed by atoms with Crippen molar-refractivity contribution in [3.05, 3.63) is 40.1 Å². The highest BCUT2D eigenvalue weighted by atomic mass is 79.9. The van der Waals surface area contributed by atoms with Gasteiger partial charge in [0.1, 0.15) is 18.6 Å². The van der Waals surface area contributed by atoms with Crippen LogP contribution in [-0.2, 0) is 6.61 Å². The van der Waals surface area contributed by atoms with Crippen LogP contribution in [0.3, 0.4) is 0 Å². The molecule has 0 aliphatic carbocycles. The van der Waals surface area contributed by atoms with Crippen LogP contribution in [0.25, 0.3) is 0 Å². The van der Waals surface area contributed by atoms with E-state index in [1.807, 2.05) is 0 Å². The minimum Gasteiger partial charge on any atom is -0.470 e. The largest absolute Gasteiger partial charge is 0.470 e. The van der Waals surface area contributed by atoms with Crippen LogP contribution in [0.1, 0.15) is 5.69 Å². The molecule has 0 aromatic carbocycles. The molecule has 15 heavy (non-hydrogen) atoms. The van der Waals surface area contributed by atoms with Crippen molar-refractivity contribution in [1.29, 1.82) is 0 Å². The van der Waals surface area contributed by atoms with Gasteiger partial charge >= 0.3 is 0 Å². The predicted molar refractivity (Wildman–Crippen MR) is 57.8 cm³/mol. The fourth-order valence-electron chi connectivity index (χ4n) is 0.959. The summed E-state index contributed by atoms with van der Waals surface area (Å²) in [6.07, 6.45) is 4.39. The van der Waals surface area contributed by atoms with Crippen LogP contribution in [0, 0.1) is 0 Å². The molecule has 4 nitrogen and oxygen atoms in total. The van der Waals surface area contributed by atoms with Crippen LogP contribution >= 0.6 is 27.5 Å². The molecule has 0 bridgehead atoms. The maximum Gasteiger partial charge on any atom is 0.228 e. The van der Waals surface area contributed by atoms with Gasteiger partial charge in [-0.05, 0) is 22.0 Å². The zero-order valence-corrected chi connectivity index (χ0v) is 9.83. The Balaban J connectivity index is 2.05. The number of aromatic nitrogens is 2. The van der Waals surface area contributed by atoms with Crippen LogP contribution in [0.15, 0.2) is 33.8 Å². The second kappa shape index (κ2) is 4.63. The first-order valence-electron chi connectivity index (χ1n) is 4.06. The summed E-state index contributed by atoms with van der Waals surface area (Å²) in [4.78, 5) is 7.94. The molecule has 0 saturated heterocycles. The number of hydrogen-bond acceptors (Lipinski definition) is 4. The van der Waals surface area contributed by atoms with Crippen molar-refractivity contribution in [3.63, 3.8) is 0 Å². The second-order valence-electron chi connectivity index (χ2n) is 2.71. The molecule has 78 valence electrons. The van der Waals surface area contributed by atoms with Gasteiger partial charge in [0.15, 0.2) is 6.39 Å². The lowest BCUT2D eigenvalue weighted by Crippen LogP contribution is -1.97. The maximum absolute atomic E-state index is 5.74. The van der Waals surface area contributed by atoms with Crippen molar-refractivity contribution < 1.29 is 9.15 Å². The van der Waals surface area contributed by atoms with Crippen molar-refractivity contribution >= 4 is 27.5 Å². The SMILES string of the molecule is Clc1cnc(OCc2cocn2)c(Br)c1. The molecule has 2 aromatic heterocycles. The van der Waals surface area contributed by atoms with E-state index in [9.17, 15) is 0 Å². The fraction of sp³-hybridized carbons (Fsp3) is 0.111. The Morgan fingerprint density at radius 2 is 2.33 bits per heavy atom. The monoisotopic (exact) mass is 288 g/mol. The predicted octanol–water partition coefficient (Wildman–Crippen LogP) is 3.06. The van der Waals surface area contributed by atoms with Crippen LogP contribution in [0.2, 0.25) is 5.02 Å². The number of rotatable bonds is 3. The van der Waals surface area contributed by atoms with Gasteiger partial charge in [-0.2, -0.15) is 0 Å². The highest BCUT2D eigenvalue weighted by Gasteiger charge is 2.04. The zero-order chi connectivity index (χ0) is 10.7. The van der Waals surface area contributed by atoms with E-state index in [0.717, 1.165) is 0 Å². The summed E-state index contributed by atoms with van der Waals surface area (Å²) in [7, 11) is 0. The van der Waals surface area contributed by atoms with E-state index in [4.69, 9.17) is 20.8 Å². The third kappa shape index (κ3) is 2.70. The highest BCUT2D eigenvalue weighted by molar-refractivity contribution is 9.10. The molecule has 0 radical (unpaired) electrons. The minimum absolute atomic E-state index is 0.309. The first-order valence-corrected chi connectivity index (χ1v) is 5.23. The lowest BCUT2D eigenvalue weighted by atomic mass is 10.5. The van der Waals surface area contributed by atoms with Gasteiger partial charge in [0.05, 0.1) is 9.50 Å². The molecule has 2 aromatic rings. The first kappa shape index (κ1) is 10.4. The molecule has 2 heterocycles. The topological polar surface area (TPSA) is 48.2 Å². The molecular formula is C9H6BrClN2O2. The summed E-state index contributed by atoms with van der Waals surface area (Å²) in [6.45, 7) is 0.309. The van der Waals surface area contributed by atoms with E-state index in [-0.39, 0.29) is 0 Å². The summed E-state index contributed by atoms with van der Waals surface area (Å²) in [5, 5.41) is 0.552. The smallest absolute Gasteiger partial charge is 0.228 e. The standard InChI is InChI=1S/C9H6BrClN2O2/c10-8-1-6(11)2-12-9(8)15-4-7-3-14-5-13-7/h1-3,5H,4H2. The van der Waals surface area contributed by atoms with Gasteiger partial charge in [-0.1, -0.05) is 11.6 Å². The molecule has 0 atom stereocenters. The molecule has 0 fully saturated rings. The fourth-order valence-corrected chi connectivity index (χ4v) is 1.71. The molecule has 6 heteroatoms. The number of nitrogens with zero attached hydrogens (tertiary/aromatic N) is 2. The van der Waals surface area contributed by atoms with Gasteiger partial charge < -0.3 is 9.15 Å². The number of pyridine rings is 1. The molecule has 0 aliphatic heterocycles. The van der Waals surface area contributed by atoms with Crippen LogP contribution in [-0.4, -0.2) is 9.97 Å². The first-order chi connectivity index (χ1) is 7.25. The summed E-state index contributed by atoms with van der Waals surface area (Å²) < 4.78 is 10.9. The Labute approximate surface area is 99.4 Å². The maximum atomic E-state index is 5.74. The van der Waals surface area contributed by atoms with Gasteiger partial charge in [0.25, 0.3) is 0 Å².